The molecule has 1 atom stereocenters. The first-order valence-corrected chi connectivity index (χ1v) is 4.43. The second-order valence-corrected chi connectivity index (χ2v) is 3.36. The van der Waals surface area contributed by atoms with E-state index in [1.54, 1.807) is 6.08 Å². The summed E-state index contributed by atoms with van der Waals surface area (Å²) in [5.74, 6) is 8.52. The molecule has 0 amide bonds. The van der Waals surface area contributed by atoms with Crippen LogP contribution in [0.3, 0.4) is 0 Å². The highest BCUT2D eigenvalue weighted by Crippen LogP contribution is 2.21. The molecule has 0 saturated carbocycles. The number of hydrogen-bond donors (Lipinski definition) is 0. The molecular formula is C9H9N2S+. The van der Waals surface area contributed by atoms with E-state index in [0.29, 0.717) is 0 Å². The Morgan fingerprint density at radius 1 is 1.42 bits per heavy atom. The third kappa shape index (κ3) is 2.70. The van der Waals surface area contributed by atoms with Crippen LogP contribution in [-0.2, 0) is 0 Å². The van der Waals surface area contributed by atoms with E-state index < -0.39 is 0 Å². The molecule has 0 spiro atoms. The summed E-state index contributed by atoms with van der Waals surface area (Å²) in [5.41, 5.74) is 3.15. The first-order chi connectivity index (χ1) is 5.86. The third-order valence-corrected chi connectivity index (χ3v) is 2.39. The van der Waals surface area contributed by atoms with Crippen molar-refractivity contribution in [2.24, 2.45) is 0 Å². The van der Waals surface area contributed by atoms with Crippen molar-refractivity contribution in [1.82, 2.24) is 11.3 Å². The van der Waals surface area contributed by atoms with Gasteiger partial charge in [-0.1, -0.05) is 24.8 Å². The van der Waals surface area contributed by atoms with Gasteiger partial charge < -0.3 is 0 Å². The molecule has 0 aliphatic rings. The van der Waals surface area contributed by atoms with Crippen LogP contribution in [0.1, 0.15) is 0 Å². The van der Waals surface area contributed by atoms with Gasteiger partial charge in [0.2, 0.25) is 5.43 Å². The molecule has 60 valence electrons. The molecule has 1 aromatic carbocycles. The number of benzene rings is 1. The molecule has 4 radical (unpaired) electrons. The van der Waals surface area contributed by atoms with E-state index in [2.05, 4.69) is 12.0 Å². The summed E-state index contributed by atoms with van der Waals surface area (Å²) in [4.78, 5) is 1.07. The average Bonchev–Trinajstić information content (AvgIpc) is 2.16. The van der Waals surface area contributed by atoms with Gasteiger partial charge in [-0.15, -0.1) is 0 Å². The van der Waals surface area contributed by atoms with Crippen molar-refractivity contribution in [2.75, 3.05) is 0 Å². The van der Waals surface area contributed by atoms with Crippen molar-refractivity contribution >= 4 is 11.8 Å². The second-order valence-electron chi connectivity index (χ2n) is 2.17. The van der Waals surface area contributed by atoms with Crippen LogP contribution in [0.4, 0.5) is 0 Å². The fourth-order valence-corrected chi connectivity index (χ4v) is 1.49. The lowest BCUT2D eigenvalue weighted by Crippen LogP contribution is -2.12. The number of rotatable bonds is 4. The molecule has 0 fully saturated rings. The quantitative estimate of drug-likeness (QED) is 0.393. The van der Waals surface area contributed by atoms with Crippen molar-refractivity contribution in [3.63, 3.8) is 0 Å². The second kappa shape index (κ2) is 4.98. The largest absolute Gasteiger partial charge is 0.293 e. The van der Waals surface area contributed by atoms with Crippen molar-refractivity contribution in [3.8, 4) is 0 Å². The molecule has 0 aromatic heterocycles. The molecule has 12 heavy (non-hydrogen) atoms. The van der Waals surface area contributed by atoms with Crippen LogP contribution in [-0.4, -0.2) is 5.37 Å². The molecule has 2 nitrogen and oxygen atoms in total. The maximum Gasteiger partial charge on any atom is 0.293 e. The third-order valence-electron chi connectivity index (χ3n) is 1.32. The zero-order valence-corrected chi connectivity index (χ0v) is 7.37. The van der Waals surface area contributed by atoms with Crippen LogP contribution in [0.2, 0.25) is 0 Å². The molecule has 0 bridgehead atoms. The van der Waals surface area contributed by atoms with Crippen LogP contribution in [0.5, 0.6) is 0 Å². The lowest BCUT2D eigenvalue weighted by Gasteiger charge is -1.96. The molecule has 0 N–H and O–H groups in total. The molecule has 0 aliphatic heterocycles. The zero-order chi connectivity index (χ0) is 8.81. The van der Waals surface area contributed by atoms with E-state index >= 15 is 0 Å². The summed E-state index contributed by atoms with van der Waals surface area (Å²) < 4.78 is 0. The fraction of sp³-hybridized carbons (Fsp3) is 0.111. The molecule has 0 heterocycles. The van der Waals surface area contributed by atoms with Gasteiger partial charge in [0.25, 0.3) is 11.2 Å². The van der Waals surface area contributed by atoms with Gasteiger partial charge in [-0.3, -0.25) is 0 Å². The van der Waals surface area contributed by atoms with Crippen LogP contribution < -0.4 is 11.3 Å². The zero-order valence-electron chi connectivity index (χ0n) is 6.55. The highest BCUT2D eigenvalue weighted by molar-refractivity contribution is 8.00. The topological polar surface area (TPSA) is 36.4 Å². The van der Waals surface area contributed by atoms with Crippen molar-refractivity contribution < 1.29 is 0 Å². The van der Waals surface area contributed by atoms with Gasteiger partial charge in [0.15, 0.2) is 0 Å². The molecule has 3 heteroatoms. The molecule has 1 rings (SSSR count). The summed E-state index contributed by atoms with van der Waals surface area (Å²) in [6.45, 7) is 3.55. The maximum absolute atomic E-state index is 8.52. The molecule has 1 unspecified atom stereocenters. The monoisotopic (exact) mass is 177 g/mol. The predicted octanol–water partition coefficient (Wildman–Crippen LogP) is 1.88. The Hall–Kier alpha value is -0.770. The first-order valence-electron chi connectivity index (χ1n) is 3.55. The summed E-state index contributed by atoms with van der Waals surface area (Å²) in [7, 11) is 0. The Morgan fingerprint density at radius 2 is 2.08 bits per heavy atom. The Kier molecular flexibility index (Phi) is 3.87. The standard InChI is InChI=1S/C9H9N2S/c1-2-9(11-10)12-8-6-4-3-5-7-8/h2-7,9H,1H2/q+1. The van der Waals surface area contributed by atoms with Gasteiger partial charge in [-0.2, -0.15) is 0 Å². The Morgan fingerprint density at radius 3 is 2.58 bits per heavy atom. The highest BCUT2D eigenvalue weighted by atomic mass is 32.2. The summed E-state index contributed by atoms with van der Waals surface area (Å²) in [5, 5.41) is -0.271. The first kappa shape index (κ1) is 9.32. The van der Waals surface area contributed by atoms with Crippen LogP contribution in [0.25, 0.3) is 0 Å². The lowest BCUT2D eigenvalue weighted by molar-refractivity contribution is 0.732. The number of thioether (sulfide) groups is 1. The van der Waals surface area contributed by atoms with Gasteiger partial charge in [-0.25, -0.2) is 0 Å². The lowest BCUT2D eigenvalue weighted by atomic mass is 10.4. The van der Waals surface area contributed by atoms with Crippen molar-refractivity contribution in [2.45, 2.75) is 10.3 Å². The summed E-state index contributed by atoms with van der Waals surface area (Å²) >= 11 is 1.45. The maximum atomic E-state index is 8.52. The summed E-state index contributed by atoms with van der Waals surface area (Å²) in [6.07, 6.45) is 1.59. The highest BCUT2D eigenvalue weighted by Gasteiger charge is 2.18. The minimum Gasteiger partial charge on any atom is -0.0957 e. The molecule has 1 aromatic rings. The Labute approximate surface area is 76.8 Å². The molecular weight excluding hydrogens is 168 g/mol. The van der Waals surface area contributed by atoms with E-state index in [1.165, 1.54) is 11.8 Å². The van der Waals surface area contributed by atoms with Crippen LogP contribution >= 0.6 is 11.8 Å². The van der Waals surface area contributed by atoms with Crippen LogP contribution in [0.15, 0.2) is 47.9 Å². The normalized spacial score (nSPS) is 12.4. The smallest absolute Gasteiger partial charge is 0.0957 e. The van der Waals surface area contributed by atoms with E-state index in [-0.39, 0.29) is 5.37 Å². The van der Waals surface area contributed by atoms with Gasteiger partial charge >= 0.3 is 0 Å². The van der Waals surface area contributed by atoms with Gasteiger partial charge in [0.1, 0.15) is 0 Å². The fourth-order valence-electron chi connectivity index (χ4n) is 0.757. The van der Waals surface area contributed by atoms with E-state index in [0.717, 1.165) is 4.90 Å². The summed E-state index contributed by atoms with van der Waals surface area (Å²) in [6, 6.07) is 9.77. The Bertz CT molecular complexity index is 236. The SMILES string of the molecule is C=CC([N+][N])Sc1ccccc1. The van der Waals surface area contributed by atoms with Gasteiger partial charge in [0, 0.05) is 4.90 Å². The average molecular weight is 177 g/mol. The Balaban J connectivity index is 2.56. The number of nitrogens with zero attached hydrogens (tertiary/aromatic N) is 2. The van der Waals surface area contributed by atoms with Crippen LogP contribution in [0, 0.1) is 0 Å². The van der Waals surface area contributed by atoms with Gasteiger partial charge in [-0.05, 0) is 30.0 Å². The number of hydrogen-bond acceptors (Lipinski definition) is 1. The molecule has 0 aliphatic carbocycles. The minimum atomic E-state index is -0.271. The van der Waals surface area contributed by atoms with Gasteiger partial charge in [0.05, 0.1) is 0 Å². The van der Waals surface area contributed by atoms with E-state index in [9.17, 15) is 0 Å². The van der Waals surface area contributed by atoms with Crippen molar-refractivity contribution in [3.05, 3.63) is 43.0 Å². The minimum absolute atomic E-state index is 0.271. The van der Waals surface area contributed by atoms with E-state index in [4.69, 9.17) is 5.84 Å². The predicted molar refractivity (Wildman–Crippen MR) is 50.6 cm³/mol. The van der Waals surface area contributed by atoms with E-state index in [1.807, 2.05) is 30.3 Å². The van der Waals surface area contributed by atoms with Crippen molar-refractivity contribution in [1.29, 1.82) is 0 Å². The molecule has 0 saturated heterocycles.